The van der Waals surface area contributed by atoms with Gasteiger partial charge in [-0.05, 0) is 6.07 Å². The van der Waals surface area contributed by atoms with Crippen LogP contribution in [0.25, 0.3) is 0 Å². The Kier molecular flexibility index (Phi) is 3.54. The summed E-state index contributed by atoms with van der Waals surface area (Å²) in [7, 11) is 0. The molecular weight excluding hydrogens is 227 g/mol. The lowest BCUT2D eigenvalue weighted by Gasteiger charge is -2.08. The van der Waals surface area contributed by atoms with Gasteiger partial charge in [-0.15, -0.1) is 0 Å². The van der Waals surface area contributed by atoms with E-state index in [-0.39, 0.29) is 17.4 Å². The van der Waals surface area contributed by atoms with E-state index in [4.69, 9.17) is 10.9 Å². The molecule has 0 unspecified atom stereocenters. The SMILES string of the molecule is NC(=NO)c1cccc(OCC(F)(F)F)n1. The lowest BCUT2D eigenvalue weighted by atomic mass is 10.3. The van der Waals surface area contributed by atoms with Gasteiger partial charge in [0.15, 0.2) is 12.4 Å². The quantitative estimate of drug-likeness (QED) is 0.356. The summed E-state index contributed by atoms with van der Waals surface area (Å²) in [6.07, 6.45) is -4.44. The number of ether oxygens (including phenoxy) is 1. The van der Waals surface area contributed by atoms with Gasteiger partial charge in [-0.3, -0.25) is 0 Å². The number of pyridine rings is 1. The zero-order valence-corrected chi connectivity index (χ0v) is 7.90. The monoisotopic (exact) mass is 235 g/mol. The standard InChI is InChI=1S/C8H8F3N3O2/c9-8(10,11)4-16-6-3-1-2-5(13-6)7(12)14-15/h1-3,15H,4H2,(H2,12,14). The number of aromatic nitrogens is 1. The molecule has 0 aliphatic heterocycles. The molecule has 8 heteroatoms. The Morgan fingerprint density at radius 3 is 2.75 bits per heavy atom. The number of alkyl halides is 3. The van der Waals surface area contributed by atoms with Crippen molar-refractivity contribution in [2.24, 2.45) is 10.9 Å². The number of hydrogen-bond donors (Lipinski definition) is 2. The van der Waals surface area contributed by atoms with E-state index in [2.05, 4.69) is 14.9 Å². The highest BCUT2D eigenvalue weighted by Crippen LogP contribution is 2.16. The van der Waals surface area contributed by atoms with E-state index in [1.165, 1.54) is 18.2 Å². The van der Waals surface area contributed by atoms with Crippen molar-refractivity contribution in [3.05, 3.63) is 23.9 Å². The van der Waals surface area contributed by atoms with Gasteiger partial charge in [0, 0.05) is 6.07 Å². The van der Waals surface area contributed by atoms with Crippen LogP contribution in [0, 0.1) is 0 Å². The summed E-state index contributed by atoms with van der Waals surface area (Å²) >= 11 is 0. The molecule has 88 valence electrons. The molecule has 0 radical (unpaired) electrons. The summed E-state index contributed by atoms with van der Waals surface area (Å²) in [4.78, 5) is 3.61. The first-order chi connectivity index (χ1) is 7.42. The van der Waals surface area contributed by atoms with Crippen molar-refractivity contribution in [2.45, 2.75) is 6.18 Å². The van der Waals surface area contributed by atoms with Crippen molar-refractivity contribution in [2.75, 3.05) is 6.61 Å². The van der Waals surface area contributed by atoms with Crippen molar-refractivity contribution < 1.29 is 23.1 Å². The Labute approximate surface area is 88.3 Å². The van der Waals surface area contributed by atoms with Crippen molar-refractivity contribution in [1.29, 1.82) is 0 Å². The average molecular weight is 235 g/mol. The zero-order chi connectivity index (χ0) is 12.2. The highest BCUT2D eigenvalue weighted by molar-refractivity contribution is 5.95. The van der Waals surface area contributed by atoms with Crippen LogP contribution >= 0.6 is 0 Å². The molecule has 16 heavy (non-hydrogen) atoms. The van der Waals surface area contributed by atoms with Crippen LogP contribution in [0.3, 0.4) is 0 Å². The highest BCUT2D eigenvalue weighted by Gasteiger charge is 2.28. The molecule has 0 saturated carbocycles. The van der Waals surface area contributed by atoms with Gasteiger partial charge >= 0.3 is 6.18 Å². The maximum absolute atomic E-state index is 11.8. The minimum Gasteiger partial charge on any atom is -0.468 e. The van der Waals surface area contributed by atoms with E-state index in [0.717, 1.165) is 0 Å². The van der Waals surface area contributed by atoms with Crippen molar-refractivity contribution in [3.63, 3.8) is 0 Å². The minimum atomic E-state index is -4.44. The fraction of sp³-hybridized carbons (Fsp3) is 0.250. The predicted molar refractivity (Wildman–Crippen MR) is 48.3 cm³/mol. The summed E-state index contributed by atoms with van der Waals surface area (Å²) < 4.78 is 39.9. The Morgan fingerprint density at radius 2 is 2.19 bits per heavy atom. The number of rotatable bonds is 3. The zero-order valence-electron chi connectivity index (χ0n) is 7.90. The van der Waals surface area contributed by atoms with Gasteiger partial charge in [-0.2, -0.15) is 13.2 Å². The molecule has 0 aliphatic rings. The van der Waals surface area contributed by atoms with E-state index in [1.807, 2.05) is 0 Å². The second-order valence-corrected chi connectivity index (χ2v) is 2.75. The molecule has 0 bridgehead atoms. The summed E-state index contributed by atoms with van der Waals surface area (Å²) in [6.45, 7) is -1.44. The summed E-state index contributed by atoms with van der Waals surface area (Å²) in [6, 6.07) is 3.99. The van der Waals surface area contributed by atoms with Gasteiger partial charge in [0.2, 0.25) is 5.88 Å². The summed E-state index contributed by atoms with van der Waals surface area (Å²) in [5.41, 5.74) is 5.23. The van der Waals surface area contributed by atoms with Crippen molar-refractivity contribution in [1.82, 2.24) is 4.98 Å². The molecule has 3 N–H and O–H groups in total. The third-order valence-electron chi connectivity index (χ3n) is 1.48. The number of nitrogens with two attached hydrogens (primary N) is 1. The van der Waals surface area contributed by atoms with Gasteiger partial charge in [0.05, 0.1) is 0 Å². The van der Waals surface area contributed by atoms with E-state index in [1.54, 1.807) is 0 Å². The molecular formula is C8H8F3N3O2. The maximum Gasteiger partial charge on any atom is 0.422 e. The van der Waals surface area contributed by atoms with Crippen LogP contribution in [0.1, 0.15) is 5.69 Å². The second kappa shape index (κ2) is 4.69. The lowest BCUT2D eigenvalue weighted by molar-refractivity contribution is -0.154. The Bertz CT molecular complexity index is 392. The third-order valence-corrected chi connectivity index (χ3v) is 1.48. The average Bonchev–Trinajstić information content (AvgIpc) is 2.25. The molecule has 0 fully saturated rings. The number of amidine groups is 1. The fourth-order valence-corrected chi connectivity index (χ4v) is 0.845. The Morgan fingerprint density at radius 1 is 1.50 bits per heavy atom. The first-order valence-electron chi connectivity index (χ1n) is 4.07. The molecule has 1 aromatic heterocycles. The van der Waals surface area contributed by atoms with Crippen molar-refractivity contribution >= 4 is 5.84 Å². The second-order valence-electron chi connectivity index (χ2n) is 2.75. The van der Waals surface area contributed by atoms with E-state index >= 15 is 0 Å². The molecule has 0 spiro atoms. The molecule has 5 nitrogen and oxygen atoms in total. The predicted octanol–water partition coefficient (Wildman–Crippen LogP) is 1.12. The van der Waals surface area contributed by atoms with Gasteiger partial charge in [0.25, 0.3) is 0 Å². The van der Waals surface area contributed by atoms with Crippen LogP contribution in [0.4, 0.5) is 13.2 Å². The molecule has 1 rings (SSSR count). The topological polar surface area (TPSA) is 80.7 Å². The van der Waals surface area contributed by atoms with Crippen LogP contribution < -0.4 is 10.5 Å². The summed E-state index contributed by atoms with van der Waals surface area (Å²) in [5.74, 6) is -0.557. The first-order valence-corrected chi connectivity index (χ1v) is 4.07. The lowest BCUT2D eigenvalue weighted by Crippen LogP contribution is -2.20. The summed E-state index contributed by atoms with van der Waals surface area (Å²) in [5, 5.41) is 11.0. The van der Waals surface area contributed by atoms with Gasteiger partial charge in [0.1, 0.15) is 5.69 Å². The van der Waals surface area contributed by atoms with Crippen LogP contribution in [-0.2, 0) is 0 Å². The maximum atomic E-state index is 11.8. The van der Waals surface area contributed by atoms with Crippen LogP contribution in [-0.4, -0.2) is 28.8 Å². The molecule has 0 aromatic carbocycles. The highest BCUT2D eigenvalue weighted by atomic mass is 19.4. The normalized spacial score (nSPS) is 12.6. The fourth-order valence-electron chi connectivity index (χ4n) is 0.845. The first kappa shape index (κ1) is 12.1. The Balaban J connectivity index is 2.76. The van der Waals surface area contributed by atoms with E-state index in [0.29, 0.717) is 0 Å². The van der Waals surface area contributed by atoms with Crippen LogP contribution in [0.5, 0.6) is 5.88 Å². The molecule has 0 aliphatic carbocycles. The number of halogens is 3. The largest absolute Gasteiger partial charge is 0.468 e. The molecule has 1 heterocycles. The van der Waals surface area contributed by atoms with Crippen LogP contribution in [0.2, 0.25) is 0 Å². The number of oxime groups is 1. The van der Waals surface area contributed by atoms with Crippen LogP contribution in [0.15, 0.2) is 23.4 Å². The van der Waals surface area contributed by atoms with E-state index in [9.17, 15) is 13.2 Å². The number of hydrogen-bond acceptors (Lipinski definition) is 4. The third kappa shape index (κ3) is 3.64. The molecule has 1 aromatic rings. The van der Waals surface area contributed by atoms with Crippen molar-refractivity contribution in [3.8, 4) is 5.88 Å². The van der Waals surface area contributed by atoms with Gasteiger partial charge < -0.3 is 15.7 Å². The Hall–Kier alpha value is -1.99. The molecule has 0 atom stereocenters. The smallest absolute Gasteiger partial charge is 0.422 e. The molecule has 0 amide bonds. The van der Waals surface area contributed by atoms with E-state index < -0.39 is 12.8 Å². The van der Waals surface area contributed by atoms with Gasteiger partial charge in [-0.25, -0.2) is 4.98 Å². The minimum absolute atomic E-state index is 0.0298. The number of nitrogens with zero attached hydrogens (tertiary/aromatic N) is 2. The van der Waals surface area contributed by atoms with Gasteiger partial charge in [-0.1, -0.05) is 11.2 Å². The molecule has 0 saturated heterocycles.